The van der Waals surface area contributed by atoms with E-state index in [0.29, 0.717) is 6.04 Å². The highest BCUT2D eigenvalue weighted by Gasteiger charge is 2.33. The fourth-order valence-electron chi connectivity index (χ4n) is 2.96. The Hall–Kier alpha value is -1.24. The van der Waals surface area contributed by atoms with Crippen LogP contribution >= 0.6 is 0 Å². The van der Waals surface area contributed by atoms with E-state index in [2.05, 4.69) is 41.8 Å². The fraction of sp³-hybridized carbons (Fsp3) is 0.429. The molecule has 15 heavy (non-hydrogen) atoms. The van der Waals surface area contributed by atoms with Crippen molar-refractivity contribution in [2.75, 3.05) is 0 Å². The number of hydrogen-bond donors (Lipinski definition) is 1. The molecule has 0 aromatic carbocycles. The second-order valence-electron chi connectivity index (χ2n) is 4.61. The summed E-state index contributed by atoms with van der Waals surface area (Å²) in [5.74, 6) is 0.765. The molecule has 1 heterocycles. The van der Waals surface area contributed by atoms with Gasteiger partial charge in [-0.2, -0.15) is 0 Å². The van der Waals surface area contributed by atoms with Gasteiger partial charge in [-0.25, -0.2) is 0 Å². The maximum Gasteiger partial charge on any atom is 0.0378 e. The van der Waals surface area contributed by atoms with Crippen LogP contribution in [0.25, 0.3) is 0 Å². The molecule has 2 aliphatic carbocycles. The van der Waals surface area contributed by atoms with Gasteiger partial charge < -0.3 is 5.32 Å². The number of rotatable bonds is 0. The molecule has 1 nitrogen and oxygen atoms in total. The van der Waals surface area contributed by atoms with Gasteiger partial charge in [0.15, 0.2) is 0 Å². The largest absolute Gasteiger partial charge is 0.381 e. The van der Waals surface area contributed by atoms with E-state index in [1.807, 2.05) is 0 Å². The first-order valence-corrected chi connectivity index (χ1v) is 5.97. The van der Waals surface area contributed by atoms with Crippen molar-refractivity contribution >= 4 is 0 Å². The smallest absolute Gasteiger partial charge is 0.0378 e. The van der Waals surface area contributed by atoms with Crippen LogP contribution in [0, 0.1) is 5.92 Å². The third kappa shape index (κ3) is 1.56. The molecule has 1 fully saturated rings. The van der Waals surface area contributed by atoms with E-state index >= 15 is 0 Å². The molecular weight excluding hydrogens is 182 g/mol. The van der Waals surface area contributed by atoms with Crippen molar-refractivity contribution in [3.05, 3.63) is 47.7 Å². The Morgan fingerprint density at radius 3 is 2.67 bits per heavy atom. The van der Waals surface area contributed by atoms with E-state index in [9.17, 15) is 0 Å². The lowest BCUT2D eigenvalue weighted by Crippen LogP contribution is -2.31. The van der Waals surface area contributed by atoms with Gasteiger partial charge in [0.2, 0.25) is 0 Å². The highest BCUT2D eigenvalue weighted by atomic mass is 15.0. The summed E-state index contributed by atoms with van der Waals surface area (Å²) >= 11 is 0. The molecule has 3 rings (SSSR count). The number of nitrogens with one attached hydrogen (secondary N) is 1. The van der Waals surface area contributed by atoms with Gasteiger partial charge in [0, 0.05) is 17.7 Å². The lowest BCUT2D eigenvalue weighted by atomic mass is 9.82. The van der Waals surface area contributed by atoms with Gasteiger partial charge in [-0.3, -0.25) is 0 Å². The van der Waals surface area contributed by atoms with Gasteiger partial charge >= 0.3 is 0 Å². The van der Waals surface area contributed by atoms with Gasteiger partial charge in [0.1, 0.15) is 0 Å². The average molecular weight is 199 g/mol. The summed E-state index contributed by atoms with van der Waals surface area (Å²) < 4.78 is 0. The Kier molecular flexibility index (Phi) is 2.24. The monoisotopic (exact) mass is 199 g/mol. The molecule has 1 N–H and O–H groups in total. The minimum atomic E-state index is 0.705. The summed E-state index contributed by atoms with van der Waals surface area (Å²) in [6, 6.07) is 0.705. The Balaban J connectivity index is 1.94. The molecule has 0 aromatic heterocycles. The summed E-state index contributed by atoms with van der Waals surface area (Å²) in [5, 5.41) is 3.67. The number of allylic oxidation sites excluding steroid dienone is 6. The highest BCUT2D eigenvalue weighted by molar-refractivity contribution is 5.43. The van der Waals surface area contributed by atoms with Crippen LogP contribution in [-0.2, 0) is 0 Å². The van der Waals surface area contributed by atoms with Crippen molar-refractivity contribution in [3.63, 3.8) is 0 Å². The third-order valence-corrected chi connectivity index (χ3v) is 3.69. The van der Waals surface area contributed by atoms with Gasteiger partial charge in [-0.1, -0.05) is 43.2 Å². The zero-order chi connectivity index (χ0) is 10.1. The molecule has 2 unspecified atom stereocenters. The van der Waals surface area contributed by atoms with Crippen molar-refractivity contribution in [1.29, 1.82) is 0 Å². The van der Waals surface area contributed by atoms with Gasteiger partial charge in [-0.05, 0) is 24.5 Å². The van der Waals surface area contributed by atoms with Gasteiger partial charge in [-0.15, -0.1) is 0 Å². The minimum absolute atomic E-state index is 0.705. The molecule has 0 amide bonds. The average Bonchev–Trinajstić information content (AvgIpc) is 2.55. The van der Waals surface area contributed by atoms with E-state index in [-0.39, 0.29) is 0 Å². The second kappa shape index (κ2) is 3.73. The molecule has 1 aliphatic heterocycles. The zero-order valence-electron chi connectivity index (χ0n) is 8.95. The van der Waals surface area contributed by atoms with Crippen LogP contribution in [-0.4, -0.2) is 6.04 Å². The van der Waals surface area contributed by atoms with E-state index < -0.39 is 0 Å². The van der Waals surface area contributed by atoms with Crippen LogP contribution < -0.4 is 5.32 Å². The van der Waals surface area contributed by atoms with E-state index in [1.54, 1.807) is 0 Å². The van der Waals surface area contributed by atoms with Crippen molar-refractivity contribution < 1.29 is 0 Å². The Morgan fingerprint density at radius 2 is 1.73 bits per heavy atom. The van der Waals surface area contributed by atoms with Crippen LogP contribution in [0.15, 0.2) is 47.7 Å². The van der Waals surface area contributed by atoms with Crippen molar-refractivity contribution in [2.45, 2.75) is 31.7 Å². The molecule has 78 valence electrons. The SMILES string of the molecule is C1=CC=CC2=C(C=C1)NC1CCCCC21. The lowest BCUT2D eigenvalue weighted by molar-refractivity contribution is 0.343. The summed E-state index contributed by atoms with van der Waals surface area (Å²) in [4.78, 5) is 0. The predicted molar refractivity (Wildman–Crippen MR) is 63.3 cm³/mol. The normalized spacial score (nSPS) is 33.1. The number of fused-ring (bicyclic) bond motifs is 2. The standard InChI is InChI=1S/C14H17N/c1-2-4-9-13-11(7-3-1)12-8-5-6-10-14(12)15-13/h1-4,7,9,12,14-15H,5-6,8,10H2. The van der Waals surface area contributed by atoms with Crippen molar-refractivity contribution in [1.82, 2.24) is 5.32 Å². The topological polar surface area (TPSA) is 12.0 Å². The third-order valence-electron chi connectivity index (χ3n) is 3.69. The summed E-state index contributed by atoms with van der Waals surface area (Å²) in [5.41, 5.74) is 2.88. The molecule has 0 bridgehead atoms. The first kappa shape index (κ1) is 9.02. The molecule has 1 saturated carbocycles. The molecule has 0 radical (unpaired) electrons. The highest BCUT2D eigenvalue weighted by Crippen LogP contribution is 2.37. The second-order valence-corrected chi connectivity index (χ2v) is 4.61. The van der Waals surface area contributed by atoms with Crippen molar-refractivity contribution in [2.24, 2.45) is 5.92 Å². The molecule has 2 atom stereocenters. The van der Waals surface area contributed by atoms with Crippen LogP contribution in [0.3, 0.4) is 0 Å². The molecular formula is C14H17N. The maximum absolute atomic E-state index is 3.67. The first-order valence-electron chi connectivity index (χ1n) is 5.97. The molecule has 0 aromatic rings. The minimum Gasteiger partial charge on any atom is -0.381 e. The van der Waals surface area contributed by atoms with E-state index in [0.717, 1.165) is 5.92 Å². The Labute approximate surface area is 91.3 Å². The van der Waals surface area contributed by atoms with E-state index in [1.165, 1.54) is 37.0 Å². The van der Waals surface area contributed by atoms with Crippen molar-refractivity contribution in [3.8, 4) is 0 Å². The van der Waals surface area contributed by atoms with Crippen LogP contribution in [0.5, 0.6) is 0 Å². The molecule has 0 saturated heterocycles. The molecule has 3 aliphatic rings. The van der Waals surface area contributed by atoms with Crippen LogP contribution in [0.4, 0.5) is 0 Å². The Morgan fingerprint density at radius 1 is 0.933 bits per heavy atom. The summed E-state index contributed by atoms with van der Waals surface area (Å²) in [6.07, 6.45) is 18.5. The summed E-state index contributed by atoms with van der Waals surface area (Å²) in [7, 11) is 0. The van der Waals surface area contributed by atoms with E-state index in [4.69, 9.17) is 0 Å². The summed E-state index contributed by atoms with van der Waals surface area (Å²) in [6.45, 7) is 0. The maximum atomic E-state index is 3.67. The molecule has 1 heteroatoms. The van der Waals surface area contributed by atoms with Gasteiger partial charge in [0.05, 0.1) is 0 Å². The lowest BCUT2D eigenvalue weighted by Gasteiger charge is -2.26. The van der Waals surface area contributed by atoms with Gasteiger partial charge in [0.25, 0.3) is 0 Å². The quantitative estimate of drug-likeness (QED) is 0.632. The van der Waals surface area contributed by atoms with Crippen LogP contribution in [0.1, 0.15) is 25.7 Å². The van der Waals surface area contributed by atoms with Crippen LogP contribution in [0.2, 0.25) is 0 Å². The first-order chi connectivity index (χ1) is 7.45. The number of hydrogen-bond acceptors (Lipinski definition) is 1. The predicted octanol–water partition coefficient (Wildman–Crippen LogP) is 3.08. The molecule has 0 spiro atoms. The zero-order valence-corrected chi connectivity index (χ0v) is 8.95. The Bertz CT molecular complexity index is 371. The fourth-order valence-corrected chi connectivity index (χ4v) is 2.96.